The van der Waals surface area contributed by atoms with Crippen LogP contribution in [-0.2, 0) is 9.53 Å². The fourth-order valence-corrected chi connectivity index (χ4v) is 3.54. The van der Waals surface area contributed by atoms with Crippen molar-refractivity contribution < 1.29 is 24.2 Å². The Kier molecular flexibility index (Phi) is 8.52. The van der Waals surface area contributed by atoms with Gasteiger partial charge < -0.3 is 20.5 Å². The monoisotopic (exact) mass is 480 g/mol. The summed E-state index contributed by atoms with van der Waals surface area (Å²) in [5, 5.41) is 15.2. The first-order chi connectivity index (χ1) is 14.9. The Morgan fingerprint density at radius 3 is 2.00 bits per heavy atom. The summed E-state index contributed by atoms with van der Waals surface area (Å²) in [6.07, 6.45) is -0.235. The molecule has 0 bridgehead atoms. The molecule has 2 rings (SSSR count). The minimum atomic E-state index is -1.12. The molecule has 3 N–H and O–H groups in total. The van der Waals surface area contributed by atoms with Crippen LogP contribution in [0, 0.1) is 0 Å². The Morgan fingerprint density at radius 1 is 0.969 bits per heavy atom. The topological polar surface area (TPSA) is 105 Å². The molecule has 0 spiro atoms. The lowest BCUT2D eigenvalue weighted by Gasteiger charge is -2.26. The number of carbonyl (C=O) groups is 3. The van der Waals surface area contributed by atoms with E-state index in [1.807, 2.05) is 6.92 Å². The Bertz CT molecular complexity index is 967. The Labute approximate surface area is 197 Å². The fourth-order valence-electron chi connectivity index (χ4n) is 3.00. The maximum atomic E-state index is 13.2. The molecule has 2 amide bonds. The maximum absolute atomic E-state index is 13.2. The molecule has 0 saturated heterocycles. The van der Waals surface area contributed by atoms with E-state index in [0.29, 0.717) is 22.0 Å². The third-order valence-corrected chi connectivity index (χ3v) is 4.86. The summed E-state index contributed by atoms with van der Waals surface area (Å²) in [5.74, 6) is -1.53. The maximum Gasteiger partial charge on any atom is 0.408 e. The van der Waals surface area contributed by atoms with Gasteiger partial charge in [-0.15, -0.1) is 0 Å². The highest BCUT2D eigenvalue weighted by atomic mass is 35.5. The second-order valence-corrected chi connectivity index (χ2v) is 9.05. The van der Waals surface area contributed by atoms with Crippen LogP contribution in [0.2, 0.25) is 10.0 Å². The van der Waals surface area contributed by atoms with Crippen molar-refractivity contribution in [2.24, 2.45) is 0 Å². The number of aromatic carboxylic acids is 1. The zero-order valence-electron chi connectivity index (χ0n) is 18.2. The first-order valence-corrected chi connectivity index (χ1v) is 10.7. The normalized spacial score (nSPS) is 13.1. The largest absolute Gasteiger partial charge is 0.478 e. The van der Waals surface area contributed by atoms with E-state index >= 15 is 0 Å². The van der Waals surface area contributed by atoms with Crippen molar-refractivity contribution in [2.45, 2.75) is 51.8 Å². The predicted octanol–water partition coefficient (Wildman–Crippen LogP) is 5.52. The van der Waals surface area contributed by atoms with Gasteiger partial charge in [-0.05, 0) is 68.7 Å². The van der Waals surface area contributed by atoms with E-state index in [4.69, 9.17) is 33.0 Å². The van der Waals surface area contributed by atoms with Crippen LogP contribution in [0.1, 0.15) is 67.7 Å². The van der Waals surface area contributed by atoms with Crippen molar-refractivity contribution in [1.29, 1.82) is 0 Å². The second-order valence-electron chi connectivity index (χ2n) is 8.18. The summed E-state index contributed by atoms with van der Waals surface area (Å²) in [5.41, 5.74) is 0.510. The van der Waals surface area contributed by atoms with Gasteiger partial charge in [0, 0.05) is 10.0 Å². The predicted molar refractivity (Wildman–Crippen MR) is 123 cm³/mol. The van der Waals surface area contributed by atoms with Crippen LogP contribution >= 0.6 is 23.2 Å². The summed E-state index contributed by atoms with van der Waals surface area (Å²) in [7, 11) is 0. The number of alkyl carbamates (subject to hydrolysis) is 1. The molecular weight excluding hydrogens is 455 g/mol. The molecule has 7 nitrogen and oxygen atoms in total. The van der Waals surface area contributed by atoms with E-state index in [9.17, 15) is 14.4 Å². The molecule has 9 heteroatoms. The highest BCUT2D eigenvalue weighted by Gasteiger charge is 2.28. The first kappa shape index (κ1) is 25.5. The van der Waals surface area contributed by atoms with Crippen LogP contribution in [-0.4, -0.2) is 28.7 Å². The van der Waals surface area contributed by atoms with E-state index in [2.05, 4.69) is 10.6 Å². The van der Waals surface area contributed by atoms with Crippen molar-refractivity contribution in [3.8, 4) is 0 Å². The second kappa shape index (κ2) is 10.7. The Balaban J connectivity index is 2.31. The van der Waals surface area contributed by atoms with Crippen molar-refractivity contribution >= 4 is 41.2 Å². The number of rotatable bonds is 7. The van der Waals surface area contributed by atoms with E-state index in [0.717, 1.165) is 5.56 Å². The Hall–Kier alpha value is -2.77. The molecule has 0 aliphatic carbocycles. The quantitative estimate of drug-likeness (QED) is 0.483. The molecule has 0 aliphatic heterocycles. The minimum Gasteiger partial charge on any atom is -0.478 e. The van der Waals surface area contributed by atoms with Gasteiger partial charge in [0.05, 0.1) is 11.6 Å². The number of carboxylic acids is 1. The highest BCUT2D eigenvalue weighted by molar-refractivity contribution is 6.34. The molecule has 1 unspecified atom stereocenters. The van der Waals surface area contributed by atoms with Gasteiger partial charge in [0.1, 0.15) is 11.6 Å². The molecule has 0 aromatic heterocycles. The standard InChI is InChI=1S/C23H26Cl2N2O5/c1-5-18(13-6-8-14(9-7-13)21(29)30)26-20(28)19(27-22(31)32-23(2,3)4)15-10-16(24)12-17(25)11-15/h6-12,18-19H,5H2,1-4H3,(H,26,28)(H,27,31)(H,29,30)/t18-,19?/m1/s1. The lowest BCUT2D eigenvalue weighted by molar-refractivity contribution is -0.124. The number of halogens is 2. The van der Waals surface area contributed by atoms with Gasteiger partial charge in [-0.1, -0.05) is 42.3 Å². The molecule has 2 aromatic carbocycles. The number of hydrogen-bond donors (Lipinski definition) is 3. The molecule has 2 aromatic rings. The van der Waals surface area contributed by atoms with Crippen LogP contribution < -0.4 is 10.6 Å². The molecule has 0 saturated carbocycles. The molecule has 0 heterocycles. The first-order valence-electron chi connectivity index (χ1n) is 9.98. The smallest absolute Gasteiger partial charge is 0.408 e. The van der Waals surface area contributed by atoms with Gasteiger partial charge in [0.15, 0.2) is 0 Å². The van der Waals surface area contributed by atoms with E-state index in [-0.39, 0.29) is 5.56 Å². The van der Waals surface area contributed by atoms with Crippen molar-refractivity contribution in [3.63, 3.8) is 0 Å². The lowest BCUT2D eigenvalue weighted by atomic mass is 10.0. The van der Waals surface area contributed by atoms with Crippen LogP contribution in [0.4, 0.5) is 4.79 Å². The Morgan fingerprint density at radius 2 is 1.53 bits per heavy atom. The minimum absolute atomic E-state index is 0.146. The van der Waals surface area contributed by atoms with E-state index in [1.165, 1.54) is 30.3 Å². The lowest BCUT2D eigenvalue weighted by Crippen LogP contribution is -2.43. The van der Waals surface area contributed by atoms with E-state index in [1.54, 1.807) is 32.9 Å². The molecule has 172 valence electrons. The number of carboxylic acid groups (broad SMARTS) is 1. The summed E-state index contributed by atoms with van der Waals surface area (Å²) < 4.78 is 5.30. The SMILES string of the molecule is CC[C@@H](NC(=O)C(NC(=O)OC(C)(C)C)c1cc(Cl)cc(Cl)c1)c1ccc(C(=O)O)cc1. The zero-order chi connectivity index (χ0) is 24.1. The molecule has 0 fully saturated rings. The van der Waals surface area contributed by atoms with Crippen LogP contribution in [0.25, 0.3) is 0 Å². The highest BCUT2D eigenvalue weighted by Crippen LogP contribution is 2.26. The average molecular weight is 481 g/mol. The van der Waals surface area contributed by atoms with Gasteiger partial charge in [0.25, 0.3) is 0 Å². The van der Waals surface area contributed by atoms with Gasteiger partial charge in [-0.25, -0.2) is 9.59 Å². The number of ether oxygens (including phenoxy) is 1. The number of nitrogens with one attached hydrogen (secondary N) is 2. The summed E-state index contributed by atoms with van der Waals surface area (Å²) in [6.45, 7) is 7.02. The van der Waals surface area contributed by atoms with Crippen molar-refractivity contribution in [1.82, 2.24) is 10.6 Å². The third kappa shape index (κ3) is 7.43. The summed E-state index contributed by atoms with van der Waals surface area (Å²) in [6, 6.07) is 9.30. The molecule has 32 heavy (non-hydrogen) atoms. The number of carbonyl (C=O) groups excluding carboxylic acids is 2. The van der Waals surface area contributed by atoms with Crippen molar-refractivity contribution in [3.05, 3.63) is 69.2 Å². The van der Waals surface area contributed by atoms with Crippen LogP contribution in [0.3, 0.4) is 0 Å². The number of benzene rings is 2. The fraction of sp³-hybridized carbons (Fsp3) is 0.348. The van der Waals surface area contributed by atoms with Crippen molar-refractivity contribution in [2.75, 3.05) is 0 Å². The van der Waals surface area contributed by atoms with Gasteiger partial charge in [0.2, 0.25) is 5.91 Å². The van der Waals surface area contributed by atoms with E-state index < -0.39 is 35.7 Å². The molecule has 2 atom stereocenters. The summed E-state index contributed by atoms with van der Waals surface area (Å²) in [4.78, 5) is 36.7. The third-order valence-electron chi connectivity index (χ3n) is 4.43. The van der Waals surface area contributed by atoms with Gasteiger partial charge in [-0.2, -0.15) is 0 Å². The molecule has 0 aliphatic rings. The number of hydrogen-bond acceptors (Lipinski definition) is 4. The van der Waals surface area contributed by atoms with Crippen LogP contribution in [0.5, 0.6) is 0 Å². The molecular formula is C23H26Cl2N2O5. The van der Waals surface area contributed by atoms with Gasteiger partial charge >= 0.3 is 12.1 Å². The number of amides is 2. The van der Waals surface area contributed by atoms with Gasteiger partial charge in [-0.3, -0.25) is 4.79 Å². The average Bonchev–Trinajstić information content (AvgIpc) is 2.68. The summed E-state index contributed by atoms with van der Waals surface area (Å²) >= 11 is 12.2. The zero-order valence-corrected chi connectivity index (χ0v) is 19.8. The molecule has 0 radical (unpaired) electrons. The van der Waals surface area contributed by atoms with Crippen LogP contribution in [0.15, 0.2) is 42.5 Å².